The molecule has 0 saturated heterocycles. The van der Waals surface area contributed by atoms with Gasteiger partial charge in [-0.2, -0.15) is 0 Å². The van der Waals surface area contributed by atoms with Crippen LogP contribution >= 0.6 is 0 Å². The molecule has 0 bridgehead atoms. The second-order valence-corrected chi connectivity index (χ2v) is 3.37. The topological polar surface area (TPSA) is 66.9 Å². The van der Waals surface area contributed by atoms with Gasteiger partial charge in [-0.05, 0) is 24.3 Å². The predicted octanol–water partition coefficient (Wildman–Crippen LogP) is 1.77. The Hall–Kier alpha value is -2.43. The minimum absolute atomic E-state index is 0.272. The lowest BCUT2D eigenvalue weighted by atomic mass is 10.3. The van der Waals surface area contributed by atoms with Gasteiger partial charge >= 0.3 is 0 Å². The zero-order valence-electron chi connectivity index (χ0n) is 9.34. The second-order valence-electron chi connectivity index (χ2n) is 3.37. The van der Waals surface area contributed by atoms with Gasteiger partial charge in [-0.3, -0.25) is 4.79 Å². The molecule has 1 amide bonds. The van der Waals surface area contributed by atoms with Crippen molar-refractivity contribution < 1.29 is 4.79 Å². The van der Waals surface area contributed by atoms with Gasteiger partial charge in [0.2, 0.25) is 0 Å². The van der Waals surface area contributed by atoms with Crippen LogP contribution in [0, 0.1) is 0 Å². The molecule has 0 aliphatic carbocycles. The Kier molecular flexibility index (Phi) is 3.30. The first-order chi connectivity index (χ1) is 8.29. The van der Waals surface area contributed by atoms with E-state index in [9.17, 15) is 4.79 Å². The molecule has 0 aliphatic rings. The first-order valence-electron chi connectivity index (χ1n) is 5.17. The predicted molar refractivity (Wildman–Crippen MR) is 66.0 cm³/mol. The largest absolute Gasteiger partial charge is 0.372 e. The summed E-state index contributed by atoms with van der Waals surface area (Å²) in [5.74, 6) is 0.354. The summed E-state index contributed by atoms with van der Waals surface area (Å²) in [4.78, 5) is 11.8. The Labute approximate surface area is 98.9 Å². The number of nitrogens with zero attached hydrogens (tertiary/aromatic N) is 2. The lowest BCUT2D eigenvalue weighted by Crippen LogP contribution is -2.14. The fraction of sp³-hybridized carbons (Fsp3) is 0.0833. The lowest BCUT2D eigenvalue weighted by Gasteiger charge is -2.04. The molecule has 0 saturated carbocycles. The van der Waals surface area contributed by atoms with E-state index in [1.54, 1.807) is 19.2 Å². The molecule has 1 heterocycles. The molecule has 86 valence electrons. The van der Waals surface area contributed by atoms with Crippen LogP contribution in [0.1, 0.15) is 10.5 Å². The summed E-state index contributed by atoms with van der Waals surface area (Å²) in [7, 11) is 1.74. The molecule has 0 radical (unpaired) electrons. The van der Waals surface area contributed by atoms with E-state index in [1.807, 2.05) is 30.3 Å². The number of nitrogens with one attached hydrogen (secondary N) is 2. The van der Waals surface area contributed by atoms with Gasteiger partial charge in [0.05, 0.1) is 0 Å². The van der Waals surface area contributed by atoms with Crippen molar-refractivity contribution in [3.8, 4) is 0 Å². The van der Waals surface area contributed by atoms with Crippen LogP contribution in [-0.4, -0.2) is 23.2 Å². The third-order valence-electron chi connectivity index (χ3n) is 2.18. The second kappa shape index (κ2) is 5.07. The van der Waals surface area contributed by atoms with Crippen LogP contribution < -0.4 is 10.6 Å². The van der Waals surface area contributed by atoms with Crippen molar-refractivity contribution in [2.24, 2.45) is 0 Å². The zero-order valence-corrected chi connectivity index (χ0v) is 9.34. The normalized spacial score (nSPS) is 9.71. The fourth-order valence-electron chi connectivity index (χ4n) is 1.30. The minimum Gasteiger partial charge on any atom is -0.372 e. The maximum atomic E-state index is 11.8. The number of aromatic nitrogens is 2. The molecule has 5 nitrogen and oxygen atoms in total. The molecular formula is C12H12N4O. The Bertz CT molecular complexity index is 496. The molecule has 1 aromatic heterocycles. The Balaban J connectivity index is 2.09. The average molecular weight is 228 g/mol. The van der Waals surface area contributed by atoms with Crippen molar-refractivity contribution in [1.29, 1.82) is 0 Å². The van der Waals surface area contributed by atoms with Crippen LogP contribution in [-0.2, 0) is 0 Å². The molecule has 0 spiro atoms. The molecule has 0 unspecified atom stereocenters. The minimum atomic E-state index is -0.272. The van der Waals surface area contributed by atoms with Crippen LogP contribution in [0.25, 0.3) is 0 Å². The molecule has 0 atom stereocenters. The van der Waals surface area contributed by atoms with Crippen molar-refractivity contribution in [1.82, 2.24) is 10.2 Å². The van der Waals surface area contributed by atoms with Crippen LogP contribution in [0.3, 0.4) is 0 Å². The number of amides is 1. The van der Waals surface area contributed by atoms with E-state index in [0.717, 1.165) is 5.69 Å². The first kappa shape index (κ1) is 11.1. The van der Waals surface area contributed by atoms with Gasteiger partial charge in [0.25, 0.3) is 5.91 Å². The highest BCUT2D eigenvalue weighted by Crippen LogP contribution is 2.07. The van der Waals surface area contributed by atoms with E-state index in [4.69, 9.17) is 0 Å². The molecule has 17 heavy (non-hydrogen) atoms. The maximum absolute atomic E-state index is 11.8. The summed E-state index contributed by atoms with van der Waals surface area (Å²) in [5, 5.41) is 13.2. The highest BCUT2D eigenvalue weighted by molar-refractivity contribution is 6.02. The van der Waals surface area contributed by atoms with E-state index in [1.165, 1.54) is 0 Å². The summed E-state index contributed by atoms with van der Waals surface area (Å²) in [6.45, 7) is 0. The summed E-state index contributed by atoms with van der Waals surface area (Å²) in [6, 6.07) is 12.5. The standard InChI is InChI=1S/C12H12N4O/c1-13-11-8-7-10(15-16-11)12(17)14-9-5-3-2-4-6-9/h2-8H,1H3,(H,13,16)(H,14,17). The van der Waals surface area contributed by atoms with Gasteiger partial charge in [-0.15, -0.1) is 10.2 Å². The number of para-hydroxylation sites is 1. The number of carbonyl (C=O) groups excluding carboxylic acids is 1. The van der Waals surface area contributed by atoms with Gasteiger partial charge in [-0.1, -0.05) is 18.2 Å². The van der Waals surface area contributed by atoms with E-state index in [-0.39, 0.29) is 11.6 Å². The van der Waals surface area contributed by atoms with Crippen molar-refractivity contribution in [3.63, 3.8) is 0 Å². The van der Waals surface area contributed by atoms with E-state index in [2.05, 4.69) is 20.8 Å². The number of rotatable bonds is 3. The van der Waals surface area contributed by atoms with Crippen molar-refractivity contribution >= 4 is 17.4 Å². The Morgan fingerprint density at radius 3 is 2.41 bits per heavy atom. The number of carbonyl (C=O) groups is 1. The monoisotopic (exact) mass is 228 g/mol. The molecule has 2 N–H and O–H groups in total. The summed E-state index contributed by atoms with van der Waals surface area (Å²) in [5.41, 5.74) is 1.02. The van der Waals surface area contributed by atoms with Crippen molar-refractivity contribution in [2.45, 2.75) is 0 Å². The molecule has 0 fully saturated rings. The third-order valence-corrected chi connectivity index (χ3v) is 2.18. The lowest BCUT2D eigenvalue weighted by molar-refractivity contribution is 0.102. The molecule has 0 aliphatic heterocycles. The summed E-state index contributed by atoms with van der Waals surface area (Å²) in [6.07, 6.45) is 0. The van der Waals surface area contributed by atoms with Gasteiger partial charge in [0.1, 0.15) is 5.82 Å². The van der Waals surface area contributed by atoms with Crippen molar-refractivity contribution in [3.05, 3.63) is 48.2 Å². The van der Waals surface area contributed by atoms with Crippen LogP contribution in [0.2, 0.25) is 0 Å². The Morgan fingerprint density at radius 1 is 1.06 bits per heavy atom. The quantitative estimate of drug-likeness (QED) is 0.840. The molecule has 2 aromatic rings. The molecular weight excluding hydrogens is 216 g/mol. The van der Waals surface area contributed by atoms with Crippen LogP contribution in [0.4, 0.5) is 11.5 Å². The SMILES string of the molecule is CNc1ccc(C(=O)Nc2ccccc2)nn1. The molecule has 2 rings (SSSR count). The van der Waals surface area contributed by atoms with Crippen LogP contribution in [0.5, 0.6) is 0 Å². The Morgan fingerprint density at radius 2 is 1.82 bits per heavy atom. The highest BCUT2D eigenvalue weighted by Gasteiger charge is 2.07. The van der Waals surface area contributed by atoms with Gasteiger partial charge in [-0.25, -0.2) is 0 Å². The zero-order chi connectivity index (χ0) is 12.1. The van der Waals surface area contributed by atoms with Crippen molar-refractivity contribution in [2.75, 3.05) is 17.7 Å². The van der Waals surface area contributed by atoms with Crippen LogP contribution in [0.15, 0.2) is 42.5 Å². The van der Waals surface area contributed by atoms with Gasteiger partial charge in [0, 0.05) is 12.7 Å². The highest BCUT2D eigenvalue weighted by atomic mass is 16.1. The van der Waals surface area contributed by atoms with E-state index < -0.39 is 0 Å². The number of hydrogen-bond donors (Lipinski definition) is 2. The number of anilines is 2. The van der Waals surface area contributed by atoms with Gasteiger partial charge in [0.15, 0.2) is 5.69 Å². The van der Waals surface area contributed by atoms with E-state index in [0.29, 0.717) is 5.82 Å². The summed E-state index contributed by atoms with van der Waals surface area (Å²) < 4.78 is 0. The number of benzene rings is 1. The van der Waals surface area contributed by atoms with E-state index >= 15 is 0 Å². The van der Waals surface area contributed by atoms with Gasteiger partial charge < -0.3 is 10.6 Å². The smallest absolute Gasteiger partial charge is 0.276 e. The summed E-state index contributed by atoms with van der Waals surface area (Å²) >= 11 is 0. The average Bonchev–Trinajstić information content (AvgIpc) is 2.40. The maximum Gasteiger partial charge on any atom is 0.276 e. The fourth-order valence-corrected chi connectivity index (χ4v) is 1.30. The third kappa shape index (κ3) is 2.78. The molecule has 1 aromatic carbocycles. The molecule has 5 heteroatoms. The number of hydrogen-bond acceptors (Lipinski definition) is 4. The first-order valence-corrected chi connectivity index (χ1v) is 5.17.